The molecule has 5 heteroatoms. The van der Waals surface area contributed by atoms with Crippen molar-refractivity contribution in [1.82, 2.24) is 9.88 Å². The van der Waals surface area contributed by atoms with Crippen molar-refractivity contribution in [1.29, 1.82) is 0 Å². The average Bonchev–Trinajstić information content (AvgIpc) is 3.16. The number of aryl methyl sites for hydroxylation is 1. The Kier molecular flexibility index (Phi) is 5.26. The topological polar surface area (TPSA) is 66.6 Å². The monoisotopic (exact) mass is 376 g/mol. The molecular formula is C23H24N2O3. The number of benzene rings is 1. The van der Waals surface area contributed by atoms with Crippen LogP contribution >= 0.6 is 0 Å². The maximum atomic E-state index is 11.5. The first-order valence-corrected chi connectivity index (χ1v) is 9.67. The Morgan fingerprint density at radius 2 is 2.04 bits per heavy atom. The van der Waals surface area contributed by atoms with Crippen molar-refractivity contribution in [3.05, 3.63) is 77.3 Å². The molecule has 1 aliphatic rings. The maximum absolute atomic E-state index is 11.5. The first-order valence-electron chi connectivity index (χ1n) is 9.67. The summed E-state index contributed by atoms with van der Waals surface area (Å²) in [5, 5.41) is 9.40. The normalized spacial score (nSPS) is 17.5. The van der Waals surface area contributed by atoms with Gasteiger partial charge >= 0.3 is 5.97 Å². The van der Waals surface area contributed by atoms with E-state index in [4.69, 9.17) is 9.40 Å². The molecule has 0 unspecified atom stereocenters. The van der Waals surface area contributed by atoms with Gasteiger partial charge in [0.2, 0.25) is 0 Å². The smallest absolute Gasteiger partial charge is 0.336 e. The van der Waals surface area contributed by atoms with Crippen LogP contribution in [0.4, 0.5) is 0 Å². The van der Waals surface area contributed by atoms with Gasteiger partial charge in [-0.15, -0.1) is 0 Å². The van der Waals surface area contributed by atoms with Crippen molar-refractivity contribution < 1.29 is 14.3 Å². The van der Waals surface area contributed by atoms with Gasteiger partial charge in [0.15, 0.2) is 0 Å². The highest BCUT2D eigenvalue weighted by Crippen LogP contribution is 2.29. The van der Waals surface area contributed by atoms with E-state index in [9.17, 15) is 9.90 Å². The van der Waals surface area contributed by atoms with Crippen LogP contribution in [0.25, 0.3) is 11.3 Å². The van der Waals surface area contributed by atoms with Gasteiger partial charge in [-0.25, -0.2) is 4.79 Å². The highest BCUT2D eigenvalue weighted by atomic mass is 16.4. The van der Waals surface area contributed by atoms with Crippen LogP contribution in [-0.2, 0) is 6.54 Å². The highest BCUT2D eigenvalue weighted by Gasteiger charge is 2.23. The number of furan rings is 1. The van der Waals surface area contributed by atoms with Crippen molar-refractivity contribution in [2.24, 2.45) is 0 Å². The molecule has 1 saturated heterocycles. The van der Waals surface area contributed by atoms with E-state index in [0.29, 0.717) is 17.2 Å². The highest BCUT2D eigenvalue weighted by molar-refractivity contribution is 5.95. The first kappa shape index (κ1) is 18.4. The molecule has 1 aromatic carbocycles. The fourth-order valence-corrected chi connectivity index (χ4v) is 3.94. The molecule has 3 aromatic rings. The molecule has 1 fully saturated rings. The Hall–Kier alpha value is -2.92. The van der Waals surface area contributed by atoms with E-state index in [1.807, 2.05) is 31.2 Å². The summed E-state index contributed by atoms with van der Waals surface area (Å²) in [5.41, 5.74) is 3.09. The molecule has 1 aliphatic heterocycles. The number of carboxylic acid groups (broad SMARTS) is 1. The predicted octanol–water partition coefficient (Wildman–Crippen LogP) is 4.73. The summed E-state index contributed by atoms with van der Waals surface area (Å²) in [4.78, 5) is 18.6. The van der Waals surface area contributed by atoms with E-state index in [-0.39, 0.29) is 5.56 Å². The van der Waals surface area contributed by atoms with E-state index >= 15 is 0 Å². The van der Waals surface area contributed by atoms with Gasteiger partial charge < -0.3 is 9.52 Å². The van der Waals surface area contributed by atoms with Gasteiger partial charge in [-0.1, -0.05) is 24.3 Å². The zero-order valence-corrected chi connectivity index (χ0v) is 16.0. The molecule has 1 atom stereocenters. The third kappa shape index (κ3) is 3.99. The van der Waals surface area contributed by atoms with Gasteiger partial charge in [0.05, 0.1) is 12.1 Å². The lowest BCUT2D eigenvalue weighted by Gasteiger charge is -2.31. The Morgan fingerprint density at radius 1 is 1.18 bits per heavy atom. The zero-order valence-electron chi connectivity index (χ0n) is 16.0. The van der Waals surface area contributed by atoms with Crippen LogP contribution in [0.15, 0.2) is 59.0 Å². The van der Waals surface area contributed by atoms with Crippen LogP contribution < -0.4 is 0 Å². The van der Waals surface area contributed by atoms with E-state index in [1.54, 1.807) is 18.2 Å². The van der Waals surface area contributed by atoms with Crippen molar-refractivity contribution in [3.63, 3.8) is 0 Å². The Morgan fingerprint density at radius 3 is 2.86 bits per heavy atom. The number of likely N-dealkylation sites (tertiary alicyclic amines) is 1. The van der Waals surface area contributed by atoms with Gasteiger partial charge in [0.1, 0.15) is 11.5 Å². The number of hydrogen-bond donors (Lipinski definition) is 1. The molecule has 0 bridgehead atoms. The first-order chi connectivity index (χ1) is 13.6. The number of aromatic nitrogens is 1. The van der Waals surface area contributed by atoms with E-state index in [2.05, 4.69) is 17.0 Å². The lowest BCUT2D eigenvalue weighted by Crippen LogP contribution is -2.34. The van der Waals surface area contributed by atoms with Crippen molar-refractivity contribution in [2.75, 3.05) is 13.1 Å². The van der Waals surface area contributed by atoms with Crippen LogP contribution in [0, 0.1) is 6.92 Å². The van der Waals surface area contributed by atoms with E-state index in [1.165, 1.54) is 5.69 Å². The van der Waals surface area contributed by atoms with Crippen molar-refractivity contribution in [2.45, 2.75) is 32.2 Å². The number of aromatic carboxylic acids is 1. The molecule has 4 rings (SSSR count). The lowest BCUT2D eigenvalue weighted by molar-refractivity contribution is 0.0697. The Labute approximate surface area is 164 Å². The molecular weight excluding hydrogens is 352 g/mol. The molecule has 28 heavy (non-hydrogen) atoms. The molecule has 0 spiro atoms. The number of nitrogens with zero attached hydrogens (tertiary/aromatic N) is 2. The molecule has 3 heterocycles. The van der Waals surface area contributed by atoms with Crippen molar-refractivity contribution >= 4 is 5.97 Å². The zero-order chi connectivity index (χ0) is 19.5. The summed E-state index contributed by atoms with van der Waals surface area (Å²) in [5.74, 6) is 0.948. The molecule has 2 aromatic heterocycles. The molecule has 0 radical (unpaired) electrons. The Balaban J connectivity index is 1.48. The number of pyridine rings is 1. The van der Waals surface area contributed by atoms with E-state index in [0.717, 1.165) is 43.9 Å². The largest absolute Gasteiger partial charge is 0.478 e. The van der Waals surface area contributed by atoms with Gasteiger partial charge in [0.25, 0.3) is 0 Å². The lowest BCUT2D eigenvalue weighted by atomic mass is 9.94. The van der Waals surface area contributed by atoms with Gasteiger partial charge in [-0.2, -0.15) is 0 Å². The standard InChI is InChI=1S/C23H24N2O3/c1-16-6-4-10-21(24-16)17-7-5-13-25(14-17)15-18-11-12-22(28-18)19-8-2-3-9-20(19)23(26)27/h2-4,6,8-12,17H,5,7,13-15H2,1H3,(H,26,27)/t17-/m1/s1. The fraction of sp³-hybridized carbons (Fsp3) is 0.304. The summed E-state index contributed by atoms with van der Waals surface area (Å²) < 4.78 is 6.00. The van der Waals surface area contributed by atoms with Crippen LogP contribution in [-0.4, -0.2) is 34.0 Å². The molecule has 1 N–H and O–H groups in total. The minimum absolute atomic E-state index is 0.256. The molecule has 0 amide bonds. The number of carboxylic acids is 1. The number of piperidine rings is 1. The molecule has 0 saturated carbocycles. The summed E-state index contributed by atoms with van der Waals surface area (Å²) in [6.07, 6.45) is 2.29. The Bertz CT molecular complexity index is 979. The molecule has 144 valence electrons. The minimum atomic E-state index is -0.946. The summed E-state index contributed by atoms with van der Waals surface area (Å²) in [6, 6.07) is 17.0. The summed E-state index contributed by atoms with van der Waals surface area (Å²) in [6.45, 7) is 4.74. The average molecular weight is 376 g/mol. The fourth-order valence-electron chi connectivity index (χ4n) is 3.94. The van der Waals surface area contributed by atoms with Crippen LogP contribution in [0.5, 0.6) is 0 Å². The summed E-state index contributed by atoms with van der Waals surface area (Å²) >= 11 is 0. The maximum Gasteiger partial charge on any atom is 0.336 e. The SMILES string of the molecule is Cc1cccc([C@@H]2CCCN(Cc3ccc(-c4ccccc4C(=O)O)o3)C2)n1. The van der Waals surface area contributed by atoms with Gasteiger partial charge in [-0.3, -0.25) is 9.88 Å². The summed E-state index contributed by atoms with van der Waals surface area (Å²) in [7, 11) is 0. The predicted molar refractivity (Wildman–Crippen MR) is 107 cm³/mol. The van der Waals surface area contributed by atoms with Crippen LogP contribution in [0.1, 0.15) is 46.3 Å². The van der Waals surface area contributed by atoms with Gasteiger partial charge in [-0.05, 0) is 56.6 Å². The third-order valence-electron chi connectivity index (χ3n) is 5.30. The third-order valence-corrected chi connectivity index (χ3v) is 5.30. The van der Waals surface area contributed by atoms with Crippen LogP contribution in [0.2, 0.25) is 0 Å². The van der Waals surface area contributed by atoms with E-state index < -0.39 is 5.97 Å². The number of rotatable bonds is 5. The number of hydrogen-bond acceptors (Lipinski definition) is 4. The van der Waals surface area contributed by atoms with Crippen LogP contribution in [0.3, 0.4) is 0 Å². The van der Waals surface area contributed by atoms with Crippen molar-refractivity contribution in [3.8, 4) is 11.3 Å². The second kappa shape index (κ2) is 7.98. The second-order valence-electron chi connectivity index (χ2n) is 7.39. The van der Waals surface area contributed by atoms with Gasteiger partial charge in [0, 0.05) is 29.4 Å². The minimum Gasteiger partial charge on any atom is -0.478 e. The number of carbonyl (C=O) groups is 1. The quantitative estimate of drug-likeness (QED) is 0.697. The molecule has 5 nitrogen and oxygen atoms in total. The molecule has 0 aliphatic carbocycles. The second-order valence-corrected chi connectivity index (χ2v) is 7.39.